The van der Waals surface area contributed by atoms with Gasteiger partial charge in [0, 0.05) is 36.9 Å². The van der Waals surface area contributed by atoms with Gasteiger partial charge in [0.2, 0.25) is 11.8 Å². The molecule has 1 fully saturated rings. The lowest BCUT2D eigenvalue weighted by atomic mass is 10.3. The van der Waals surface area contributed by atoms with E-state index in [2.05, 4.69) is 15.5 Å². The van der Waals surface area contributed by atoms with Crippen LogP contribution in [0.4, 0.5) is 10.5 Å². The van der Waals surface area contributed by atoms with Crippen molar-refractivity contribution in [3.8, 4) is 23.3 Å². The molecule has 1 N–H and O–H groups in total. The Morgan fingerprint density at radius 2 is 1.78 bits per heavy atom. The molecule has 0 radical (unpaired) electrons. The van der Waals surface area contributed by atoms with Crippen molar-refractivity contribution in [1.29, 1.82) is 0 Å². The van der Waals surface area contributed by atoms with Gasteiger partial charge >= 0.3 is 6.03 Å². The minimum atomic E-state index is -0.200. The second-order valence-electron chi connectivity index (χ2n) is 5.89. The maximum absolute atomic E-state index is 12.5. The largest absolute Gasteiger partial charge is 0.493 e. The van der Waals surface area contributed by atoms with Gasteiger partial charge < -0.3 is 29.2 Å². The van der Waals surface area contributed by atoms with Crippen molar-refractivity contribution in [3.63, 3.8) is 0 Å². The summed E-state index contributed by atoms with van der Waals surface area (Å²) in [7, 11) is 4.64. The van der Waals surface area contributed by atoms with Crippen LogP contribution in [-0.2, 0) is 0 Å². The molecule has 9 heteroatoms. The third-order valence-corrected chi connectivity index (χ3v) is 4.18. The minimum absolute atomic E-state index is 0.135. The zero-order valence-electron chi connectivity index (χ0n) is 15.5. The van der Waals surface area contributed by atoms with E-state index in [9.17, 15) is 4.79 Å². The number of aromatic nitrogens is 2. The van der Waals surface area contributed by atoms with E-state index >= 15 is 0 Å². The van der Waals surface area contributed by atoms with Gasteiger partial charge in [0.25, 0.3) is 0 Å². The fraction of sp³-hybridized carbons (Fsp3) is 0.389. The molecular formula is C18H22N4O5. The molecule has 2 aromatic rings. The van der Waals surface area contributed by atoms with Crippen molar-refractivity contribution in [2.45, 2.75) is 12.5 Å². The number of amides is 2. The molecular weight excluding hydrogens is 352 g/mol. The number of rotatable bonds is 6. The van der Waals surface area contributed by atoms with E-state index < -0.39 is 0 Å². The number of benzene rings is 1. The number of hydrogen-bond donors (Lipinski definition) is 1. The molecule has 1 unspecified atom stereocenters. The van der Waals surface area contributed by atoms with Gasteiger partial charge in [0.05, 0.1) is 27.9 Å². The monoisotopic (exact) mass is 374 g/mol. The third-order valence-electron chi connectivity index (χ3n) is 4.18. The summed E-state index contributed by atoms with van der Waals surface area (Å²) in [6, 6.07) is 8.39. The number of carbonyl (C=O) groups is 1. The molecule has 1 aromatic heterocycles. The van der Waals surface area contributed by atoms with Crippen molar-refractivity contribution in [1.82, 2.24) is 15.1 Å². The number of nitrogens with zero attached hydrogens (tertiary/aromatic N) is 3. The molecule has 1 aliphatic heterocycles. The SMILES string of the molecule is COc1ccc(OC2CCN(C(=O)Nc3ccc(OC)c(OC)c3)C2)nn1. The first-order valence-electron chi connectivity index (χ1n) is 8.45. The van der Waals surface area contributed by atoms with Crippen LogP contribution in [0.1, 0.15) is 6.42 Å². The molecule has 1 aromatic carbocycles. The van der Waals surface area contributed by atoms with E-state index in [1.165, 1.54) is 7.11 Å². The number of urea groups is 1. The lowest BCUT2D eigenvalue weighted by Crippen LogP contribution is -2.34. The summed E-state index contributed by atoms with van der Waals surface area (Å²) < 4.78 is 21.2. The fourth-order valence-electron chi connectivity index (χ4n) is 2.78. The molecule has 1 atom stereocenters. The molecule has 1 aliphatic rings. The van der Waals surface area contributed by atoms with Crippen LogP contribution in [0.15, 0.2) is 30.3 Å². The molecule has 1 saturated heterocycles. The van der Waals surface area contributed by atoms with E-state index in [1.54, 1.807) is 49.5 Å². The molecule has 3 rings (SSSR count). The van der Waals surface area contributed by atoms with E-state index in [-0.39, 0.29) is 12.1 Å². The second-order valence-corrected chi connectivity index (χ2v) is 5.89. The maximum Gasteiger partial charge on any atom is 0.321 e. The highest BCUT2D eigenvalue weighted by molar-refractivity contribution is 5.90. The lowest BCUT2D eigenvalue weighted by molar-refractivity contribution is 0.188. The van der Waals surface area contributed by atoms with Gasteiger partial charge in [-0.1, -0.05) is 0 Å². The predicted molar refractivity (Wildman–Crippen MR) is 97.8 cm³/mol. The number of ether oxygens (including phenoxy) is 4. The van der Waals surface area contributed by atoms with Crippen LogP contribution in [0, 0.1) is 0 Å². The van der Waals surface area contributed by atoms with Crippen LogP contribution < -0.4 is 24.3 Å². The number of methoxy groups -OCH3 is 3. The molecule has 0 bridgehead atoms. The van der Waals surface area contributed by atoms with Crippen molar-refractivity contribution in [2.75, 3.05) is 39.7 Å². The number of hydrogen-bond acceptors (Lipinski definition) is 7. The number of carbonyl (C=O) groups excluding carboxylic acids is 1. The summed E-state index contributed by atoms with van der Waals surface area (Å²) in [5, 5.41) is 10.7. The Kier molecular flexibility index (Phi) is 5.80. The van der Waals surface area contributed by atoms with Crippen LogP contribution in [0.25, 0.3) is 0 Å². The van der Waals surface area contributed by atoms with Crippen LogP contribution in [0.2, 0.25) is 0 Å². The van der Waals surface area contributed by atoms with Crippen LogP contribution in [0.5, 0.6) is 23.3 Å². The minimum Gasteiger partial charge on any atom is -0.493 e. The summed E-state index contributed by atoms with van der Waals surface area (Å²) in [4.78, 5) is 14.2. The van der Waals surface area contributed by atoms with E-state index in [1.807, 2.05) is 0 Å². The normalized spacial score (nSPS) is 16.0. The number of anilines is 1. The van der Waals surface area contributed by atoms with Gasteiger partial charge in [-0.2, -0.15) is 0 Å². The van der Waals surface area contributed by atoms with E-state index in [0.29, 0.717) is 48.5 Å². The van der Waals surface area contributed by atoms with E-state index in [0.717, 1.165) is 0 Å². The molecule has 0 saturated carbocycles. The topological polar surface area (TPSA) is 95.0 Å². The average Bonchev–Trinajstić information content (AvgIpc) is 3.17. The smallest absolute Gasteiger partial charge is 0.321 e. The Labute approximate surface area is 157 Å². The zero-order chi connectivity index (χ0) is 19.2. The van der Waals surface area contributed by atoms with Crippen molar-refractivity contribution >= 4 is 11.7 Å². The van der Waals surface area contributed by atoms with Gasteiger partial charge in [-0.25, -0.2) is 4.79 Å². The predicted octanol–water partition coefficient (Wildman–Crippen LogP) is 2.19. The first kappa shape index (κ1) is 18.6. The first-order chi connectivity index (χ1) is 13.1. The Balaban J connectivity index is 1.55. The highest BCUT2D eigenvalue weighted by Gasteiger charge is 2.28. The molecule has 2 heterocycles. The number of nitrogens with one attached hydrogen (secondary N) is 1. The first-order valence-corrected chi connectivity index (χ1v) is 8.45. The standard InChI is InChI=1S/C18H22N4O5/c1-24-14-5-4-12(10-15(14)25-2)19-18(23)22-9-8-13(11-22)27-17-7-6-16(26-3)20-21-17/h4-7,10,13H,8-9,11H2,1-3H3,(H,19,23). The Hall–Kier alpha value is -3.23. The zero-order valence-corrected chi connectivity index (χ0v) is 15.5. The maximum atomic E-state index is 12.5. The Morgan fingerprint density at radius 3 is 2.44 bits per heavy atom. The molecule has 27 heavy (non-hydrogen) atoms. The second kappa shape index (κ2) is 8.43. The van der Waals surface area contributed by atoms with E-state index in [4.69, 9.17) is 18.9 Å². The molecule has 144 valence electrons. The Bertz CT molecular complexity index is 784. The van der Waals surface area contributed by atoms with Gasteiger partial charge in [-0.05, 0) is 12.1 Å². The Morgan fingerprint density at radius 1 is 1.04 bits per heavy atom. The summed E-state index contributed by atoms with van der Waals surface area (Å²) in [6.07, 6.45) is 0.580. The highest BCUT2D eigenvalue weighted by Crippen LogP contribution is 2.30. The summed E-state index contributed by atoms with van der Waals surface area (Å²) in [5.74, 6) is 1.98. The molecule has 0 spiro atoms. The third kappa shape index (κ3) is 4.49. The summed E-state index contributed by atoms with van der Waals surface area (Å²) in [5.41, 5.74) is 0.628. The quantitative estimate of drug-likeness (QED) is 0.828. The van der Waals surface area contributed by atoms with Crippen LogP contribution in [0.3, 0.4) is 0 Å². The average molecular weight is 374 g/mol. The van der Waals surface area contributed by atoms with Crippen molar-refractivity contribution in [2.24, 2.45) is 0 Å². The molecule has 0 aliphatic carbocycles. The van der Waals surface area contributed by atoms with Gasteiger partial charge in [0.1, 0.15) is 6.10 Å². The lowest BCUT2D eigenvalue weighted by Gasteiger charge is -2.18. The summed E-state index contributed by atoms with van der Waals surface area (Å²) in [6.45, 7) is 1.06. The molecule has 9 nitrogen and oxygen atoms in total. The highest BCUT2D eigenvalue weighted by atomic mass is 16.5. The van der Waals surface area contributed by atoms with Gasteiger partial charge in [0.15, 0.2) is 11.5 Å². The van der Waals surface area contributed by atoms with Crippen LogP contribution in [-0.4, -0.2) is 61.7 Å². The van der Waals surface area contributed by atoms with Crippen LogP contribution >= 0.6 is 0 Å². The van der Waals surface area contributed by atoms with Crippen molar-refractivity contribution < 1.29 is 23.7 Å². The summed E-state index contributed by atoms with van der Waals surface area (Å²) >= 11 is 0. The van der Waals surface area contributed by atoms with Crippen molar-refractivity contribution in [3.05, 3.63) is 30.3 Å². The number of likely N-dealkylation sites (tertiary alicyclic amines) is 1. The molecule has 2 amide bonds. The van der Waals surface area contributed by atoms with Gasteiger partial charge in [-0.3, -0.25) is 0 Å². The fourth-order valence-corrected chi connectivity index (χ4v) is 2.78. The van der Waals surface area contributed by atoms with Gasteiger partial charge in [-0.15, -0.1) is 10.2 Å².